The van der Waals surface area contributed by atoms with Gasteiger partial charge in [-0.15, -0.1) is 0 Å². The molecule has 0 radical (unpaired) electrons. The molecule has 5 heteroatoms. The lowest BCUT2D eigenvalue weighted by molar-refractivity contribution is -0.127. The van der Waals surface area contributed by atoms with Gasteiger partial charge in [0, 0.05) is 49.0 Å². The van der Waals surface area contributed by atoms with Gasteiger partial charge < -0.3 is 9.80 Å². The SMILES string of the molecule is C=C1c2cc(Cl)ccc2N(CC(=O)N(C)C)CCC2CCC1N2C. The fourth-order valence-electron chi connectivity index (χ4n) is 3.89. The number of anilines is 1. The van der Waals surface area contributed by atoms with Gasteiger partial charge in [-0.25, -0.2) is 0 Å². The first-order valence-electron chi connectivity index (χ1n) is 8.54. The second-order valence-corrected chi connectivity index (χ2v) is 7.53. The summed E-state index contributed by atoms with van der Waals surface area (Å²) in [6, 6.07) is 6.84. The van der Waals surface area contributed by atoms with E-state index in [1.54, 1.807) is 19.0 Å². The van der Waals surface area contributed by atoms with Crippen molar-refractivity contribution in [2.24, 2.45) is 0 Å². The highest BCUT2D eigenvalue weighted by molar-refractivity contribution is 6.30. The van der Waals surface area contributed by atoms with Crippen molar-refractivity contribution in [2.75, 3.05) is 39.1 Å². The van der Waals surface area contributed by atoms with E-state index >= 15 is 0 Å². The zero-order valence-corrected chi connectivity index (χ0v) is 15.5. The van der Waals surface area contributed by atoms with E-state index < -0.39 is 0 Å². The average molecular weight is 348 g/mol. The van der Waals surface area contributed by atoms with E-state index in [0.717, 1.165) is 36.2 Å². The van der Waals surface area contributed by atoms with Crippen LogP contribution in [0.2, 0.25) is 5.02 Å². The van der Waals surface area contributed by atoms with Crippen LogP contribution in [0.5, 0.6) is 0 Å². The van der Waals surface area contributed by atoms with Gasteiger partial charge in [-0.05, 0) is 50.1 Å². The Morgan fingerprint density at radius 1 is 1.33 bits per heavy atom. The van der Waals surface area contributed by atoms with Crippen LogP contribution in [-0.4, -0.2) is 62.0 Å². The highest BCUT2D eigenvalue weighted by atomic mass is 35.5. The van der Waals surface area contributed by atoms with E-state index in [1.807, 2.05) is 18.2 Å². The van der Waals surface area contributed by atoms with Crippen LogP contribution in [0.15, 0.2) is 24.8 Å². The minimum atomic E-state index is 0.110. The predicted molar refractivity (Wildman–Crippen MR) is 101 cm³/mol. The molecule has 3 rings (SSSR count). The van der Waals surface area contributed by atoms with Crippen LogP contribution in [0.25, 0.3) is 5.57 Å². The molecular formula is C19H26ClN3O. The van der Waals surface area contributed by atoms with Crippen LogP contribution in [0.1, 0.15) is 24.8 Å². The molecule has 1 saturated heterocycles. The van der Waals surface area contributed by atoms with Crippen molar-refractivity contribution in [1.82, 2.24) is 9.80 Å². The van der Waals surface area contributed by atoms with Crippen molar-refractivity contribution in [2.45, 2.75) is 31.3 Å². The normalized spacial score (nSPS) is 24.2. The topological polar surface area (TPSA) is 26.8 Å². The molecule has 2 atom stereocenters. The van der Waals surface area contributed by atoms with E-state index in [2.05, 4.69) is 23.4 Å². The van der Waals surface area contributed by atoms with Crippen molar-refractivity contribution < 1.29 is 4.79 Å². The third-order valence-corrected chi connectivity index (χ3v) is 5.68. The summed E-state index contributed by atoms with van der Waals surface area (Å²) in [5, 5.41) is 0.713. The average Bonchev–Trinajstić information content (AvgIpc) is 2.91. The lowest BCUT2D eigenvalue weighted by atomic mass is 9.95. The van der Waals surface area contributed by atoms with Gasteiger partial charge in [-0.1, -0.05) is 18.2 Å². The maximum absolute atomic E-state index is 12.3. The smallest absolute Gasteiger partial charge is 0.241 e. The van der Waals surface area contributed by atoms with Gasteiger partial charge in [-0.2, -0.15) is 0 Å². The molecule has 2 aliphatic heterocycles. The first kappa shape index (κ1) is 17.3. The number of carbonyl (C=O) groups is 1. The second-order valence-electron chi connectivity index (χ2n) is 7.10. The van der Waals surface area contributed by atoms with Crippen molar-refractivity contribution in [3.05, 3.63) is 35.4 Å². The monoisotopic (exact) mass is 347 g/mol. The molecule has 2 unspecified atom stereocenters. The van der Waals surface area contributed by atoms with Gasteiger partial charge in [0.05, 0.1) is 6.54 Å². The molecule has 2 aliphatic rings. The summed E-state index contributed by atoms with van der Waals surface area (Å²) in [7, 11) is 5.80. The Labute approximate surface area is 149 Å². The van der Waals surface area contributed by atoms with Crippen LogP contribution in [0, 0.1) is 0 Å². The van der Waals surface area contributed by atoms with Gasteiger partial charge >= 0.3 is 0 Å². The number of benzene rings is 1. The molecule has 24 heavy (non-hydrogen) atoms. The Kier molecular flexibility index (Phi) is 4.88. The van der Waals surface area contributed by atoms with Gasteiger partial charge in [-0.3, -0.25) is 9.69 Å². The van der Waals surface area contributed by atoms with Gasteiger partial charge in [0.1, 0.15) is 0 Å². The van der Waals surface area contributed by atoms with Crippen molar-refractivity contribution in [3.63, 3.8) is 0 Å². The first-order chi connectivity index (χ1) is 11.4. The number of amides is 1. The third-order valence-electron chi connectivity index (χ3n) is 5.45. The zero-order valence-electron chi connectivity index (χ0n) is 14.8. The molecule has 130 valence electrons. The second kappa shape index (κ2) is 6.77. The maximum atomic E-state index is 12.3. The number of nitrogens with zero attached hydrogens (tertiary/aromatic N) is 3. The van der Waals surface area contributed by atoms with Crippen molar-refractivity contribution in [3.8, 4) is 0 Å². The maximum Gasteiger partial charge on any atom is 0.241 e. The number of halogens is 1. The number of rotatable bonds is 2. The number of hydrogen-bond donors (Lipinski definition) is 0. The van der Waals surface area contributed by atoms with Crippen molar-refractivity contribution >= 4 is 28.8 Å². The lowest BCUT2D eigenvalue weighted by Gasteiger charge is -2.29. The number of likely N-dealkylation sites (N-methyl/N-ethyl adjacent to an activating group) is 2. The molecule has 2 bridgehead atoms. The summed E-state index contributed by atoms with van der Waals surface area (Å²) in [5.41, 5.74) is 3.26. The largest absolute Gasteiger partial charge is 0.362 e. The molecule has 1 aromatic rings. The molecule has 1 aromatic carbocycles. The molecule has 1 fully saturated rings. The molecule has 1 amide bonds. The molecule has 4 nitrogen and oxygen atoms in total. The summed E-state index contributed by atoms with van der Waals surface area (Å²) in [4.78, 5) is 18.6. The lowest BCUT2D eigenvalue weighted by Crippen LogP contribution is -2.39. The van der Waals surface area contributed by atoms with E-state index in [1.165, 1.54) is 6.42 Å². The molecule has 2 heterocycles. The molecule has 0 aliphatic carbocycles. The van der Waals surface area contributed by atoms with Gasteiger partial charge in [0.25, 0.3) is 0 Å². The molecule has 0 saturated carbocycles. The fourth-order valence-corrected chi connectivity index (χ4v) is 4.07. The summed E-state index contributed by atoms with van der Waals surface area (Å²) >= 11 is 6.27. The highest BCUT2D eigenvalue weighted by Crippen LogP contribution is 2.39. The minimum Gasteiger partial charge on any atom is -0.362 e. The highest BCUT2D eigenvalue weighted by Gasteiger charge is 2.35. The van der Waals surface area contributed by atoms with Gasteiger partial charge in [0.2, 0.25) is 5.91 Å². The Morgan fingerprint density at radius 2 is 2.08 bits per heavy atom. The minimum absolute atomic E-state index is 0.110. The van der Waals surface area contributed by atoms with E-state index in [-0.39, 0.29) is 5.91 Å². The van der Waals surface area contributed by atoms with Crippen LogP contribution in [0.3, 0.4) is 0 Å². The molecule has 0 N–H and O–H groups in total. The zero-order chi connectivity index (χ0) is 17.4. The van der Waals surface area contributed by atoms with Crippen LogP contribution < -0.4 is 4.90 Å². The van der Waals surface area contributed by atoms with Crippen LogP contribution in [-0.2, 0) is 4.79 Å². The molecule has 0 spiro atoms. The quantitative estimate of drug-likeness (QED) is 0.822. The molecular weight excluding hydrogens is 322 g/mol. The van der Waals surface area contributed by atoms with E-state index in [0.29, 0.717) is 23.7 Å². The Balaban J connectivity index is 2.03. The van der Waals surface area contributed by atoms with Gasteiger partial charge in [0.15, 0.2) is 0 Å². The fraction of sp³-hybridized carbons (Fsp3) is 0.526. The standard InChI is InChI=1S/C19H26ClN3O/c1-13-16-11-14(20)5-7-18(16)23(12-19(24)21(2)3)10-9-15-6-8-17(13)22(15)4/h5,7,11,15,17H,1,6,8-10,12H2,2-4H3. The van der Waals surface area contributed by atoms with E-state index in [4.69, 9.17) is 11.6 Å². The van der Waals surface area contributed by atoms with Crippen molar-refractivity contribution in [1.29, 1.82) is 0 Å². The van der Waals surface area contributed by atoms with E-state index in [9.17, 15) is 4.79 Å². The summed E-state index contributed by atoms with van der Waals surface area (Å²) in [6.45, 7) is 5.64. The summed E-state index contributed by atoms with van der Waals surface area (Å²) < 4.78 is 0. The summed E-state index contributed by atoms with van der Waals surface area (Å²) in [5.74, 6) is 0.110. The Bertz CT molecular complexity index is 658. The Morgan fingerprint density at radius 3 is 2.79 bits per heavy atom. The number of hydrogen-bond acceptors (Lipinski definition) is 3. The predicted octanol–water partition coefficient (Wildman–Crippen LogP) is 3.11. The van der Waals surface area contributed by atoms with Crippen LogP contribution >= 0.6 is 11.6 Å². The number of carbonyl (C=O) groups excluding carboxylic acids is 1. The van der Waals surface area contributed by atoms with Crippen LogP contribution in [0.4, 0.5) is 5.69 Å². The number of fused-ring (bicyclic) bond motifs is 3. The Hall–Kier alpha value is -1.52. The first-order valence-corrected chi connectivity index (χ1v) is 8.92. The third kappa shape index (κ3) is 3.17. The molecule has 0 aromatic heterocycles. The summed E-state index contributed by atoms with van der Waals surface area (Å²) in [6.07, 6.45) is 3.39.